The second-order valence-corrected chi connectivity index (χ2v) is 7.90. The Bertz CT molecular complexity index is 637. The molecule has 0 heteroatoms. The molecule has 0 radical (unpaired) electrons. The monoisotopic (exact) mass is 250 g/mol. The molecule has 0 N–H and O–H groups in total. The molecular formula is C19H22. The van der Waals surface area contributed by atoms with Gasteiger partial charge in [-0.25, -0.2) is 0 Å². The van der Waals surface area contributed by atoms with Gasteiger partial charge in [0.25, 0.3) is 0 Å². The zero-order valence-electron chi connectivity index (χ0n) is 12.2. The summed E-state index contributed by atoms with van der Waals surface area (Å²) in [6.45, 7) is 7.24. The van der Waals surface area contributed by atoms with Gasteiger partial charge in [-0.1, -0.05) is 63.2 Å². The average molecular weight is 250 g/mol. The lowest BCUT2D eigenvalue weighted by Gasteiger charge is -2.76. The normalized spacial score (nSPS) is 32.8. The van der Waals surface area contributed by atoms with Gasteiger partial charge >= 0.3 is 0 Å². The predicted octanol–water partition coefficient (Wildman–Crippen LogP) is 5.31. The summed E-state index contributed by atoms with van der Waals surface area (Å²) >= 11 is 0. The van der Waals surface area contributed by atoms with E-state index < -0.39 is 0 Å². The lowest BCUT2D eigenvalue weighted by atomic mass is 9.28. The van der Waals surface area contributed by atoms with E-state index in [1.165, 1.54) is 30.0 Å². The van der Waals surface area contributed by atoms with E-state index >= 15 is 0 Å². The standard InChI is InChI=1S/C19H22/c1-17(2,3)19-11-18(12-19,13-19)16-9-8-14-6-4-5-7-15(14)10-16/h4-10H,11-13H2,1-3H3. The average Bonchev–Trinajstić information content (AvgIpc) is 2.23. The highest BCUT2D eigenvalue weighted by Gasteiger charge is 2.71. The summed E-state index contributed by atoms with van der Waals surface area (Å²) in [5.41, 5.74) is 3.22. The Morgan fingerprint density at radius 2 is 1.47 bits per heavy atom. The first kappa shape index (κ1) is 11.5. The first-order valence-corrected chi connectivity index (χ1v) is 7.44. The zero-order chi connectivity index (χ0) is 13.3. The lowest BCUT2D eigenvalue weighted by molar-refractivity contribution is -0.208. The van der Waals surface area contributed by atoms with Crippen LogP contribution in [0.2, 0.25) is 0 Å². The van der Waals surface area contributed by atoms with Gasteiger partial charge in [0.1, 0.15) is 0 Å². The molecule has 0 heterocycles. The molecule has 0 aliphatic heterocycles. The van der Waals surface area contributed by atoms with Crippen LogP contribution in [-0.2, 0) is 5.41 Å². The Kier molecular flexibility index (Phi) is 1.96. The van der Waals surface area contributed by atoms with Crippen molar-refractivity contribution >= 4 is 10.8 Å². The molecule has 3 saturated carbocycles. The fraction of sp³-hybridized carbons (Fsp3) is 0.474. The van der Waals surface area contributed by atoms with Crippen LogP contribution in [0.1, 0.15) is 45.6 Å². The molecule has 2 aromatic carbocycles. The van der Waals surface area contributed by atoms with Crippen molar-refractivity contribution in [3.63, 3.8) is 0 Å². The molecule has 98 valence electrons. The quantitative estimate of drug-likeness (QED) is 0.643. The number of hydrogen-bond acceptors (Lipinski definition) is 0. The first-order valence-electron chi connectivity index (χ1n) is 7.44. The minimum Gasteiger partial charge on any atom is -0.0616 e. The fourth-order valence-corrected chi connectivity index (χ4v) is 4.41. The van der Waals surface area contributed by atoms with Crippen molar-refractivity contribution < 1.29 is 0 Å². The smallest absolute Gasteiger partial charge is 0.00303 e. The highest BCUT2D eigenvalue weighted by molar-refractivity contribution is 5.83. The maximum atomic E-state index is 2.43. The van der Waals surface area contributed by atoms with Crippen LogP contribution in [0.4, 0.5) is 0 Å². The molecule has 0 saturated heterocycles. The van der Waals surface area contributed by atoms with E-state index in [0.717, 1.165) is 0 Å². The minimum absolute atomic E-state index is 0.478. The van der Waals surface area contributed by atoms with Gasteiger partial charge in [-0.05, 0) is 51.8 Å². The second-order valence-electron chi connectivity index (χ2n) is 7.90. The molecule has 19 heavy (non-hydrogen) atoms. The van der Waals surface area contributed by atoms with Gasteiger partial charge in [-0.3, -0.25) is 0 Å². The van der Waals surface area contributed by atoms with Crippen LogP contribution in [0.25, 0.3) is 10.8 Å². The van der Waals surface area contributed by atoms with Gasteiger partial charge in [-0.15, -0.1) is 0 Å². The van der Waals surface area contributed by atoms with Crippen LogP contribution in [0.5, 0.6) is 0 Å². The molecule has 3 aliphatic carbocycles. The van der Waals surface area contributed by atoms with Crippen molar-refractivity contribution in [3.8, 4) is 0 Å². The van der Waals surface area contributed by atoms with Crippen molar-refractivity contribution in [2.24, 2.45) is 10.8 Å². The number of hydrogen-bond donors (Lipinski definition) is 0. The van der Waals surface area contributed by atoms with E-state index in [9.17, 15) is 0 Å². The number of fused-ring (bicyclic) bond motifs is 1. The van der Waals surface area contributed by atoms with Gasteiger partial charge in [0, 0.05) is 0 Å². The Morgan fingerprint density at radius 3 is 2.11 bits per heavy atom. The third-order valence-electron chi connectivity index (χ3n) is 5.98. The summed E-state index contributed by atoms with van der Waals surface area (Å²) < 4.78 is 0. The highest BCUT2D eigenvalue weighted by Crippen LogP contribution is 2.79. The Labute approximate surface area is 115 Å². The lowest BCUT2D eigenvalue weighted by Crippen LogP contribution is -2.69. The van der Waals surface area contributed by atoms with Crippen LogP contribution in [0, 0.1) is 10.8 Å². The van der Waals surface area contributed by atoms with Crippen LogP contribution in [-0.4, -0.2) is 0 Å². The van der Waals surface area contributed by atoms with Crippen LogP contribution in [0.15, 0.2) is 42.5 Å². The molecule has 0 atom stereocenters. The van der Waals surface area contributed by atoms with E-state index in [0.29, 0.717) is 16.2 Å². The van der Waals surface area contributed by atoms with Gasteiger partial charge in [0.05, 0.1) is 0 Å². The third kappa shape index (κ3) is 1.35. The number of rotatable bonds is 1. The van der Waals surface area contributed by atoms with Crippen molar-refractivity contribution in [2.45, 2.75) is 45.4 Å². The van der Waals surface area contributed by atoms with Crippen molar-refractivity contribution in [1.82, 2.24) is 0 Å². The molecule has 0 spiro atoms. The van der Waals surface area contributed by atoms with E-state index in [2.05, 4.69) is 63.2 Å². The molecule has 0 nitrogen and oxygen atoms in total. The summed E-state index contributed by atoms with van der Waals surface area (Å²) in [6, 6.07) is 15.8. The van der Waals surface area contributed by atoms with Gasteiger partial charge < -0.3 is 0 Å². The maximum absolute atomic E-state index is 2.43. The zero-order valence-corrected chi connectivity index (χ0v) is 12.2. The van der Waals surface area contributed by atoms with E-state index in [-0.39, 0.29) is 0 Å². The molecule has 0 aromatic heterocycles. The van der Waals surface area contributed by atoms with Crippen LogP contribution < -0.4 is 0 Å². The summed E-state index contributed by atoms with van der Waals surface area (Å²) in [4.78, 5) is 0. The molecular weight excluding hydrogens is 228 g/mol. The van der Waals surface area contributed by atoms with Crippen LogP contribution in [0.3, 0.4) is 0 Å². The third-order valence-corrected chi connectivity index (χ3v) is 5.98. The maximum Gasteiger partial charge on any atom is -0.00303 e. The first-order chi connectivity index (χ1) is 8.94. The number of benzene rings is 2. The SMILES string of the molecule is CC(C)(C)C12CC(c3ccc4ccccc4c3)(C1)C2. The molecule has 0 amide bonds. The van der Waals surface area contributed by atoms with Crippen molar-refractivity contribution in [1.29, 1.82) is 0 Å². The molecule has 2 aromatic rings. The summed E-state index contributed by atoms with van der Waals surface area (Å²) in [5, 5.41) is 2.76. The molecule has 2 bridgehead atoms. The molecule has 5 rings (SSSR count). The molecule has 0 unspecified atom stereocenters. The van der Waals surface area contributed by atoms with E-state index in [1.807, 2.05) is 0 Å². The topological polar surface area (TPSA) is 0 Å². The van der Waals surface area contributed by atoms with E-state index in [1.54, 1.807) is 5.56 Å². The van der Waals surface area contributed by atoms with Crippen LogP contribution >= 0.6 is 0 Å². The van der Waals surface area contributed by atoms with Gasteiger partial charge in [0.2, 0.25) is 0 Å². The van der Waals surface area contributed by atoms with Crippen molar-refractivity contribution in [2.75, 3.05) is 0 Å². The largest absolute Gasteiger partial charge is 0.0616 e. The van der Waals surface area contributed by atoms with Crippen molar-refractivity contribution in [3.05, 3.63) is 48.0 Å². The Morgan fingerprint density at radius 1 is 0.842 bits per heavy atom. The second kappa shape index (κ2) is 3.23. The summed E-state index contributed by atoms with van der Waals surface area (Å²) in [7, 11) is 0. The molecule has 3 fully saturated rings. The highest BCUT2D eigenvalue weighted by atomic mass is 14.7. The summed E-state index contributed by atoms with van der Waals surface area (Å²) in [5.74, 6) is 0. The fourth-order valence-electron chi connectivity index (χ4n) is 4.41. The molecule has 3 aliphatic rings. The Balaban J connectivity index is 1.68. The Hall–Kier alpha value is -1.30. The minimum atomic E-state index is 0.478. The summed E-state index contributed by atoms with van der Waals surface area (Å²) in [6.07, 6.45) is 4.21. The van der Waals surface area contributed by atoms with Gasteiger partial charge in [0.15, 0.2) is 0 Å². The predicted molar refractivity (Wildman–Crippen MR) is 81.4 cm³/mol. The van der Waals surface area contributed by atoms with Gasteiger partial charge in [-0.2, -0.15) is 0 Å². The van der Waals surface area contributed by atoms with E-state index in [4.69, 9.17) is 0 Å².